The van der Waals surface area contributed by atoms with Crippen LogP contribution in [-0.4, -0.2) is 35.3 Å². The number of amides is 1. The van der Waals surface area contributed by atoms with Gasteiger partial charge in [-0.2, -0.15) is 0 Å². The van der Waals surface area contributed by atoms with Crippen molar-refractivity contribution in [1.29, 1.82) is 0 Å². The van der Waals surface area contributed by atoms with Crippen molar-refractivity contribution in [2.45, 2.75) is 36.8 Å². The zero-order valence-electron chi connectivity index (χ0n) is 13.7. The molecular formula is C17H20F2N2OS2. The van der Waals surface area contributed by atoms with Crippen LogP contribution in [0.2, 0.25) is 0 Å². The Kier molecular flexibility index (Phi) is 7.17. The number of hydrogen-bond donors (Lipinski definition) is 0. The summed E-state index contributed by atoms with van der Waals surface area (Å²) in [6.07, 6.45) is -1.86. The summed E-state index contributed by atoms with van der Waals surface area (Å²) in [5.41, 5.74) is 2.53. The lowest BCUT2D eigenvalue weighted by atomic mass is 10.1. The zero-order chi connectivity index (χ0) is 17.5. The molecule has 3 nitrogen and oxygen atoms in total. The summed E-state index contributed by atoms with van der Waals surface area (Å²) in [4.78, 5) is 18.0. The SMILES string of the molecule is CCCN(CC(F)F)C(=O)c1ccc(CSc2nc(C)cs2)cc1. The molecule has 0 N–H and O–H groups in total. The van der Waals surface area contributed by atoms with Gasteiger partial charge in [0, 0.05) is 28.9 Å². The average Bonchev–Trinajstić information content (AvgIpc) is 2.97. The highest BCUT2D eigenvalue weighted by molar-refractivity contribution is 8.00. The van der Waals surface area contributed by atoms with E-state index in [1.54, 1.807) is 35.2 Å². The van der Waals surface area contributed by atoms with Crippen LogP contribution in [0.15, 0.2) is 34.0 Å². The van der Waals surface area contributed by atoms with Gasteiger partial charge < -0.3 is 4.90 Å². The number of halogens is 2. The lowest BCUT2D eigenvalue weighted by Gasteiger charge is -2.21. The van der Waals surface area contributed by atoms with Crippen LogP contribution in [0.4, 0.5) is 8.78 Å². The van der Waals surface area contributed by atoms with Gasteiger partial charge in [0.2, 0.25) is 0 Å². The predicted molar refractivity (Wildman–Crippen MR) is 95.1 cm³/mol. The van der Waals surface area contributed by atoms with E-state index >= 15 is 0 Å². The first-order chi connectivity index (χ1) is 11.5. The molecule has 24 heavy (non-hydrogen) atoms. The van der Waals surface area contributed by atoms with Crippen molar-refractivity contribution < 1.29 is 13.6 Å². The molecule has 0 aliphatic rings. The smallest absolute Gasteiger partial charge is 0.255 e. The summed E-state index contributed by atoms with van der Waals surface area (Å²) in [6.45, 7) is 3.65. The van der Waals surface area contributed by atoms with Crippen LogP contribution in [0, 0.1) is 6.92 Å². The minimum atomic E-state index is -2.52. The molecule has 0 aliphatic carbocycles. The summed E-state index contributed by atoms with van der Waals surface area (Å²) >= 11 is 3.26. The molecule has 0 saturated carbocycles. The molecule has 0 atom stereocenters. The largest absolute Gasteiger partial charge is 0.333 e. The van der Waals surface area contributed by atoms with E-state index in [4.69, 9.17) is 0 Å². The third-order valence-electron chi connectivity index (χ3n) is 3.30. The summed E-state index contributed by atoms with van der Waals surface area (Å²) in [5, 5.41) is 2.01. The van der Waals surface area contributed by atoms with Gasteiger partial charge in [0.1, 0.15) is 4.34 Å². The van der Waals surface area contributed by atoms with Gasteiger partial charge in [0.15, 0.2) is 0 Å². The number of aryl methyl sites for hydroxylation is 1. The fourth-order valence-electron chi connectivity index (χ4n) is 2.18. The van der Waals surface area contributed by atoms with Crippen LogP contribution in [0.3, 0.4) is 0 Å². The monoisotopic (exact) mass is 370 g/mol. The highest BCUT2D eigenvalue weighted by Crippen LogP contribution is 2.26. The second kappa shape index (κ2) is 9.13. The number of thioether (sulfide) groups is 1. The van der Waals surface area contributed by atoms with Gasteiger partial charge in [-0.25, -0.2) is 13.8 Å². The fraction of sp³-hybridized carbons (Fsp3) is 0.412. The van der Waals surface area contributed by atoms with Crippen LogP contribution in [0.5, 0.6) is 0 Å². The Hall–Kier alpha value is -1.47. The number of thiazole rings is 1. The number of benzene rings is 1. The maximum absolute atomic E-state index is 12.6. The average molecular weight is 370 g/mol. The maximum Gasteiger partial charge on any atom is 0.255 e. The number of rotatable bonds is 8. The number of carbonyl (C=O) groups is 1. The normalized spacial score (nSPS) is 11.0. The third-order valence-corrected chi connectivity index (χ3v) is 5.51. The van der Waals surface area contributed by atoms with Gasteiger partial charge >= 0.3 is 0 Å². The predicted octanol–water partition coefficient (Wildman–Crippen LogP) is 4.86. The van der Waals surface area contributed by atoms with Crippen LogP contribution in [0.1, 0.15) is 35.0 Å². The number of nitrogens with zero attached hydrogens (tertiary/aromatic N) is 2. The molecular weight excluding hydrogens is 350 g/mol. The Labute approximate surface area is 149 Å². The van der Waals surface area contributed by atoms with Gasteiger partial charge in [-0.3, -0.25) is 4.79 Å². The maximum atomic E-state index is 12.6. The molecule has 0 aliphatic heterocycles. The van der Waals surface area contributed by atoms with E-state index in [1.807, 2.05) is 31.4 Å². The Bertz CT molecular complexity index is 659. The van der Waals surface area contributed by atoms with Gasteiger partial charge in [-0.05, 0) is 31.0 Å². The molecule has 2 rings (SSSR count). The third kappa shape index (κ3) is 5.56. The van der Waals surface area contributed by atoms with Crippen LogP contribution in [0.25, 0.3) is 0 Å². The highest BCUT2D eigenvalue weighted by Gasteiger charge is 2.18. The quantitative estimate of drug-likeness (QED) is 0.622. The van der Waals surface area contributed by atoms with E-state index < -0.39 is 13.0 Å². The molecule has 130 valence electrons. The molecule has 7 heteroatoms. The second-order valence-electron chi connectivity index (χ2n) is 5.38. The molecule has 0 saturated heterocycles. The molecule has 0 spiro atoms. The van der Waals surface area contributed by atoms with Crippen molar-refractivity contribution >= 4 is 29.0 Å². The van der Waals surface area contributed by atoms with Crippen molar-refractivity contribution in [2.24, 2.45) is 0 Å². The number of hydrogen-bond acceptors (Lipinski definition) is 4. The first kappa shape index (κ1) is 18.9. The second-order valence-corrected chi connectivity index (χ2v) is 7.46. The summed E-state index contributed by atoms with van der Waals surface area (Å²) < 4.78 is 26.2. The molecule has 2 aromatic rings. The molecule has 1 aromatic heterocycles. The van der Waals surface area contributed by atoms with E-state index in [0.717, 1.165) is 21.3 Å². The topological polar surface area (TPSA) is 33.2 Å². The van der Waals surface area contributed by atoms with Crippen LogP contribution in [-0.2, 0) is 5.75 Å². The van der Waals surface area contributed by atoms with Crippen molar-refractivity contribution in [3.8, 4) is 0 Å². The van der Waals surface area contributed by atoms with Gasteiger partial charge in [-0.15, -0.1) is 11.3 Å². The first-order valence-electron chi connectivity index (χ1n) is 7.71. The first-order valence-corrected chi connectivity index (χ1v) is 9.57. The number of aromatic nitrogens is 1. The lowest BCUT2D eigenvalue weighted by molar-refractivity contribution is 0.0555. The summed E-state index contributed by atoms with van der Waals surface area (Å²) in [7, 11) is 0. The van der Waals surface area contributed by atoms with Crippen molar-refractivity contribution in [2.75, 3.05) is 13.1 Å². The van der Waals surface area contributed by atoms with Crippen LogP contribution >= 0.6 is 23.1 Å². The molecule has 0 bridgehead atoms. The van der Waals surface area contributed by atoms with Crippen LogP contribution < -0.4 is 0 Å². The van der Waals surface area contributed by atoms with Crippen molar-refractivity contribution in [3.63, 3.8) is 0 Å². The molecule has 1 amide bonds. The Balaban J connectivity index is 1.97. The summed E-state index contributed by atoms with van der Waals surface area (Å²) in [6, 6.07) is 7.15. The van der Waals surface area contributed by atoms with Gasteiger partial charge in [0.25, 0.3) is 12.3 Å². The molecule has 1 aromatic carbocycles. The highest BCUT2D eigenvalue weighted by atomic mass is 32.2. The van der Waals surface area contributed by atoms with Gasteiger partial charge in [-0.1, -0.05) is 30.8 Å². The minimum absolute atomic E-state index is 0.337. The van der Waals surface area contributed by atoms with Crippen molar-refractivity contribution in [3.05, 3.63) is 46.5 Å². The van der Waals surface area contributed by atoms with E-state index in [2.05, 4.69) is 4.98 Å². The van der Waals surface area contributed by atoms with E-state index in [0.29, 0.717) is 18.5 Å². The minimum Gasteiger partial charge on any atom is -0.333 e. The molecule has 0 unspecified atom stereocenters. The Morgan fingerprint density at radius 1 is 1.33 bits per heavy atom. The molecule has 0 fully saturated rings. The summed E-state index contributed by atoms with van der Waals surface area (Å²) in [5.74, 6) is 0.420. The zero-order valence-corrected chi connectivity index (χ0v) is 15.3. The standard InChI is InChI=1S/C17H20F2N2OS2/c1-3-8-21(9-15(18)19)16(22)14-6-4-13(5-7-14)11-24-17-20-12(2)10-23-17/h4-7,10,15H,3,8-9,11H2,1-2H3. The van der Waals surface area contributed by atoms with E-state index in [1.165, 1.54) is 4.90 Å². The molecule has 0 radical (unpaired) electrons. The Morgan fingerprint density at radius 3 is 2.58 bits per heavy atom. The van der Waals surface area contributed by atoms with Gasteiger partial charge in [0.05, 0.1) is 6.54 Å². The Morgan fingerprint density at radius 2 is 2.04 bits per heavy atom. The molecule has 1 heterocycles. The van der Waals surface area contributed by atoms with E-state index in [-0.39, 0.29) is 5.91 Å². The van der Waals surface area contributed by atoms with Crippen molar-refractivity contribution in [1.82, 2.24) is 9.88 Å². The van der Waals surface area contributed by atoms with E-state index in [9.17, 15) is 13.6 Å². The fourth-order valence-corrected chi connectivity index (χ4v) is 3.99. The number of alkyl halides is 2. The lowest BCUT2D eigenvalue weighted by Crippen LogP contribution is -2.35. The number of carbonyl (C=O) groups excluding carboxylic acids is 1.